The number of likely N-dealkylation sites (N-methyl/N-ethyl adjacent to an activating group) is 1. The second kappa shape index (κ2) is 12.4. The third kappa shape index (κ3) is 7.13. The van der Waals surface area contributed by atoms with Crippen LogP contribution in [-0.2, 0) is 29.9 Å². The molecule has 3 aromatic carbocycles. The average Bonchev–Trinajstić information content (AvgIpc) is 3.43. The molecule has 1 aliphatic heterocycles. The predicted molar refractivity (Wildman–Crippen MR) is 169 cm³/mol. The highest BCUT2D eigenvalue weighted by atomic mass is 32.2. The van der Waals surface area contributed by atoms with E-state index >= 15 is 0 Å². The lowest BCUT2D eigenvalue weighted by molar-refractivity contribution is 0.161. The Kier molecular flexibility index (Phi) is 9.02. The summed E-state index contributed by atoms with van der Waals surface area (Å²) in [7, 11) is -9.01. The van der Waals surface area contributed by atoms with Gasteiger partial charge >= 0.3 is 0 Å². The molecule has 11 nitrogen and oxygen atoms in total. The second-order valence-electron chi connectivity index (χ2n) is 10.1. The monoisotopic (exact) mass is 664 g/mol. The molecular weight excluding hydrogens is 633 g/mol. The van der Waals surface area contributed by atoms with Gasteiger partial charge in [0, 0.05) is 37.4 Å². The summed E-state index contributed by atoms with van der Waals surface area (Å²) < 4.78 is 91.2. The molecule has 2 N–H and O–H groups in total. The molecule has 1 saturated heterocycles. The van der Waals surface area contributed by atoms with Gasteiger partial charge in [-0.15, -0.1) is 11.3 Å². The summed E-state index contributed by atoms with van der Waals surface area (Å²) in [4.78, 5) is 3.70. The number of nitrogens with one attached hydrogen (secondary N) is 2. The number of benzene rings is 3. The van der Waals surface area contributed by atoms with Gasteiger partial charge in [-0.2, -0.15) is 0 Å². The van der Waals surface area contributed by atoms with Crippen molar-refractivity contribution < 1.29 is 30.0 Å². The van der Waals surface area contributed by atoms with E-state index in [1.807, 2.05) is 25.2 Å². The molecule has 1 aromatic heterocycles. The largest absolute Gasteiger partial charge is 0.495 e. The van der Waals surface area contributed by atoms with Crippen LogP contribution in [0.5, 0.6) is 5.75 Å². The molecule has 1 aliphatic rings. The summed E-state index contributed by atoms with van der Waals surface area (Å²) in [6, 6.07) is 18.4. The van der Waals surface area contributed by atoms with Gasteiger partial charge in [0.1, 0.15) is 14.9 Å². The number of para-hydroxylation sites is 2. The number of hydrogen-bond donors (Lipinski definition) is 2. The van der Waals surface area contributed by atoms with Crippen LogP contribution in [0.4, 0.5) is 11.4 Å². The number of rotatable bonds is 11. The highest BCUT2D eigenvalue weighted by Crippen LogP contribution is 2.34. The summed E-state index contributed by atoms with van der Waals surface area (Å²) in [6.07, 6.45) is 0. The number of methoxy groups -OCH3 is 1. The normalized spacial score (nSPS) is 15.4. The average molecular weight is 665 g/mol. The first-order valence-electron chi connectivity index (χ1n) is 13.3. The van der Waals surface area contributed by atoms with E-state index in [1.54, 1.807) is 24.3 Å². The molecule has 43 heavy (non-hydrogen) atoms. The Hall–Kier alpha value is -3.21. The Morgan fingerprint density at radius 3 is 2.07 bits per heavy atom. The van der Waals surface area contributed by atoms with Crippen molar-refractivity contribution in [3.63, 3.8) is 0 Å². The van der Waals surface area contributed by atoms with Crippen molar-refractivity contribution in [1.82, 2.24) is 9.80 Å². The first-order chi connectivity index (χ1) is 20.4. The molecular formula is C28H32N4O7S4. The molecule has 0 unspecified atom stereocenters. The summed E-state index contributed by atoms with van der Waals surface area (Å²) in [5, 5.41) is 0.771. The number of thiophene rings is 1. The van der Waals surface area contributed by atoms with Gasteiger partial charge in [0.05, 0.1) is 29.1 Å². The highest BCUT2D eigenvalue weighted by molar-refractivity contribution is 7.95. The van der Waals surface area contributed by atoms with E-state index in [4.69, 9.17) is 4.74 Å². The number of piperazine rings is 1. The number of ether oxygens (including phenoxy) is 1. The molecule has 5 rings (SSSR count). The van der Waals surface area contributed by atoms with Gasteiger partial charge in [-0.1, -0.05) is 30.3 Å². The fraction of sp³-hybridized carbons (Fsp3) is 0.286. The van der Waals surface area contributed by atoms with Gasteiger partial charge in [-0.05, 0) is 54.9 Å². The van der Waals surface area contributed by atoms with Crippen molar-refractivity contribution in [2.75, 3.05) is 62.1 Å². The number of anilines is 2. The molecule has 0 spiro atoms. The van der Waals surface area contributed by atoms with Gasteiger partial charge in [-0.3, -0.25) is 14.3 Å². The third-order valence-electron chi connectivity index (χ3n) is 7.14. The zero-order valence-electron chi connectivity index (χ0n) is 23.6. The highest BCUT2D eigenvalue weighted by Gasteiger charge is 2.27. The Labute approximate surface area is 256 Å². The summed E-state index contributed by atoms with van der Waals surface area (Å²) in [6.45, 7) is 3.53. The van der Waals surface area contributed by atoms with Crippen LogP contribution in [0.1, 0.15) is 0 Å². The molecule has 0 amide bonds. The smallest absolute Gasteiger partial charge is 0.271 e. The molecule has 0 radical (unpaired) electrons. The quantitative estimate of drug-likeness (QED) is 0.246. The first-order valence-corrected chi connectivity index (χ1v) is 18.8. The van der Waals surface area contributed by atoms with E-state index in [-0.39, 0.29) is 32.0 Å². The number of sulfone groups is 1. The van der Waals surface area contributed by atoms with Crippen LogP contribution in [0.15, 0.2) is 86.8 Å². The van der Waals surface area contributed by atoms with Gasteiger partial charge in [0.15, 0.2) is 9.84 Å². The minimum absolute atomic E-state index is 0.00143. The zero-order valence-corrected chi connectivity index (χ0v) is 26.8. The van der Waals surface area contributed by atoms with Crippen LogP contribution >= 0.6 is 11.3 Å². The van der Waals surface area contributed by atoms with Crippen LogP contribution in [0.25, 0.3) is 10.1 Å². The molecule has 15 heteroatoms. The standard InChI is InChI=1S/C28H32N4O7S4/c1-31-13-15-32(16-14-31)17-18-41(33,34)22-11-12-25(39-2)27(20-22)42(35,36)29-23-8-4-5-9-24(23)30-43(37,38)28-19-21-7-3-6-10-26(21)40-28/h3-12,19-20,29-30H,13-18H2,1-2H3. The van der Waals surface area contributed by atoms with E-state index in [2.05, 4.69) is 19.2 Å². The van der Waals surface area contributed by atoms with Crippen molar-refractivity contribution in [3.8, 4) is 5.75 Å². The fourth-order valence-electron chi connectivity index (χ4n) is 4.64. The van der Waals surface area contributed by atoms with E-state index in [0.29, 0.717) is 6.54 Å². The first kappa shape index (κ1) is 31.2. The van der Waals surface area contributed by atoms with E-state index < -0.39 is 34.8 Å². The maximum atomic E-state index is 13.6. The molecule has 230 valence electrons. The molecule has 4 aromatic rings. The van der Waals surface area contributed by atoms with Gasteiger partial charge in [-0.25, -0.2) is 25.3 Å². The molecule has 0 saturated carbocycles. The van der Waals surface area contributed by atoms with Crippen LogP contribution in [0, 0.1) is 0 Å². The van der Waals surface area contributed by atoms with Crippen LogP contribution in [0.3, 0.4) is 0 Å². The minimum atomic E-state index is -4.43. The summed E-state index contributed by atoms with van der Waals surface area (Å²) >= 11 is 1.09. The lowest BCUT2D eigenvalue weighted by Crippen LogP contribution is -2.45. The Balaban J connectivity index is 1.39. The lowest BCUT2D eigenvalue weighted by atomic mass is 10.3. The van der Waals surface area contributed by atoms with Gasteiger partial charge < -0.3 is 9.64 Å². The van der Waals surface area contributed by atoms with Crippen LogP contribution < -0.4 is 14.2 Å². The fourth-order valence-corrected chi connectivity index (χ4v) is 9.78. The number of sulfonamides is 2. The van der Waals surface area contributed by atoms with E-state index in [9.17, 15) is 25.3 Å². The maximum Gasteiger partial charge on any atom is 0.271 e. The molecule has 0 atom stereocenters. The van der Waals surface area contributed by atoms with Crippen molar-refractivity contribution in [2.24, 2.45) is 0 Å². The van der Waals surface area contributed by atoms with Gasteiger partial charge in [0.2, 0.25) is 0 Å². The van der Waals surface area contributed by atoms with Crippen LogP contribution in [0.2, 0.25) is 0 Å². The van der Waals surface area contributed by atoms with E-state index in [1.165, 1.54) is 31.4 Å². The Bertz CT molecular complexity index is 1920. The number of nitrogens with zero attached hydrogens (tertiary/aromatic N) is 2. The summed E-state index contributed by atoms with van der Waals surface area (Å²) in [5.74, 6) is -0.230. The van der Waals surface area contributed by atoms with Crippen LogP contribution in [-0.4, -0.2) is 87.7 Å². The Morgan fingerprint density at radius 2 is 1.42 bits per heavy atom. The second-order valence-corrected chi connectivity index (χ2v) is 16.9. The predicted octanol–water partition coefficient (Wildman–Crippen LogP) is 3.53. The van der Waals surface area contributed by atoms with Crippen molar-refractivity contribution in [1.29, 1.82) is 0 Å². The molecule has 0 bridgehead atoms. The molecule has 0 aliphatic carbocycles. The SMILES string of the molecule is COc1ccc(S(=O)(=O)CCN2CCN(C)CC2)cc1S(=O)(=O)Nc1ccccc1NS(=O)(=O)c1cc2ccccc2s1. The molecule has 1 fully saturated rings. The maximum absolute atomic E-state index is 13.6. The third-order valence-corrected chi connectivity index (χ3v) is 13.2. The van der Waals surface area contributed by atoms with Gasteiger partial charge in [0.25, 0.3) is 20.0 Å². The van der Waals surface area contributed by atoms with Crippen molar-refractivity contribution in [3.05, 3.63) is 72.8 Å². The number of hydrogen-bond acceptors (Lipinski definition) is 10. The minimum Gasteiger partial charge on any atom is -0.495 e. The van der Waals surface area contributed by atoms with E-state index in [0.717, 1.165) is 53.7 Å². The topological polar surface area (TPSA) is 142 Å². The van der Waals surface area contributed by atoms with Crippen molar-refractivity contribution >= 4 is 62.7 Å². The number of fused-ring (bicyclic) bond motifs is 1. The van der Waals surface area contributed by atoms with Crippen molar-refractivity contribution in [2.45, 2.75) is 14.0 Å². The zero-order chi connectivity index (χ0) is 30.8. The Morgan fingerprint density at radius 1 is 0.791 bits per heavy atom. The lowest BCUT2D eigenvalue weighted by Gasteiger charge is -2.32. The summed E-state index contributed by atoms with van der Waals surface area (Å²) in [5.41, 5.74) is -0.0454. The molecule has 2 heterocycles.